The molecular formula is C11H11F4NO4S. The van der Waals surface area contributed by atoms with Gasteiger partial charge in [-0.2, -0.15) is 17.2 Å². The largest absolute Gasteiger partial charge is 0.331 e. The lowest BCUT2D eigenvalue weighted by Crippen LogP contribution is -2.33. The average Bonchev–Trinajstić information content (AvgIpc) is 2.36. The van der Waals surface area contributed by atoms with E-state index in [2.05, 4.69) is 9.50 Å². The minimum Gasteiger partial charge on any atom is -0.326 e. The van der Waals surface area contributed by atoms with Crippen LogP contribution in [0.3, 0.4) is 0 Å². The van der Waals surface area contributed by atoms with Gasteiger partial charge in [-0.1, -0.05) is 0 Å². The summed E-state index contributed by atoms with van der Waals surface area (Å²) in [5, 5.41) is 2.36. The van der Waals surface area contributed by atoms with E-state index in [0.717, 1.165) is 12.1 Å². The molecule has 0 radical (unpaired) electrons. The van der Waals surface area contributed by atoms with E-state index in [9.17, 15) is 30.8 Å². The maximum atomic E-state index is 12.6. The molecule has 0 aliphatic heterocycles. The molecule has 1 amide bonds. The van der Waals surface area contributed by atoms with Crippen molar-refractivity contribution >= 4 is 21.7 Å². The number of nitrogens with one attached hydrogen (secondary N) is 1. The van der Waals surface area contributed by atoms with E-state index >= 15 is 0 Å². The number of carbonyl (C=O) groups is 1. The van der Waals surface area contributed by atoms with Gasteiger partial charge >= 0.3 is 12.3 Å². The molecule has 5 nitrogen and oxygen atoms in total. The lowest BCUT2D eigenvalue weighted by Gasteiger charge is -2.15. The highest BCUT2D eigenvalue weighted by Crippen LogP contribution is 2.25. The summed E-state index contributed by atoms with van der Waals surface area (Å²) in [5.74, 6) is -4.96. The summed E-state index contributed by atoms with van der Waals surface area (Å²) in [5.41, 5.74) is 0.277. The Morgan fingerprint density at radius 3 is 2.24 bits per heavy atom. The Kier molecular flexibility index (Phi) is 5.29. The second kappa shape index (κ2) is 6.39. The SMILES string of the molecule is CC(=O)Nc1ccc(S(=O)(=O)OCC(F)(F)C(F)F)cc1. The number of amides is 1. The van der Waals surface area contributed by atoms with Crippen molar-refractivity contribution in [3.8, 4) is 0 Å². The molecule has 10 heteroatoms. The van der Waals surface area contributed by atoms with Crippen molar-refractivity contribution < 1.29 is 35.0 Å². The smallest absolute Gasteiger partial charge is 0.326 e. The number of benzene rings is 1. The third-order valence-corrected chi connectivity index (χ3v) is 3.47. The second-order valence-electron chi connectivity index (χ2n) is 3.98. The van der Waals surface area contributed by atoms with E-state index in [4.69, 9.17) is 0 Å². The summed E-state index contributed by atoms with van der Waals surface area (Å²) in [6, 6.07) is 4.37. The maximum Gasteiger partial charge on any atom is 0.331 e. The van der Waals surface area contributed by atoms with Gasteiger partial charge in [0.25, 0.3) is 10.1 Å². The molecule has 0 aliphatic rings. The Hall–Kier alpha value is -1.68. The molecule has 0 atom stereocenters. The van der Waals surface area contributed by atoms with E-state index in [1.165, 1.54) is 19.1 Å². The molecule has 0 aliphatic carbocycles. The van der Waals surface area contributed by atoms with E-state index in [-0.39, 0.29) is 5.69 Å². The van der Waals surface area contributed by atoms with Gasteiger partial charge in [0.15, 0.2) is 0 Å². The molecule has 118 valence electrons. The summed E-state index contributed by atoms with van der Waals surface area (Å²) < 4.78 is 76.0. The van der Waals surface area contributed by atoms with Crippen molar-refractivity contribution in [2.75, 3.05) is 11.9 Å². The molecule has 0 saturated heterocycles. The minimum absolute atomic E-state index is 0.277. The van der Waals surface area contributed by atoms with Gasteiger partial charge in [0.05, 0.1) is 4.90 Å². The second-order valence-corrected chi connectivity index (χ2v) is 5.60. The average molecular weight is 329 g/mol. The van der Waals surface area contributed by atoms with E-state index in [1.807, 2.05) is 0 Å². The molecule has 0 aromatic heterocycles. The number of hydrogen-bond acceptors (Lipinski definition) is 4. The zero-order chi connectivity index (χ0) is 16.3. The van der Waals surface area contributed by atoms with Crippen LogP contribution in [0.25, 0.3) is 0 Å². The van der Waals surface area contributed by atoms with E-state index in [0.29, 0.717) is 0 Å². The third kappa shape index (κ3) is 4.97. The monoisotopic (exact) mass is 329 g/mol. The molecule has 1 N–H and O–H groups in total. The van der Waals surface area contributed by atoms with Crippen LogP contribution >= 0.6 is 0 Å². The Morgan fingerprint density at radius 2 is 1.81 bits per heavy atom. The highest BCUT2D eigenvalue weighted by Gasteiger charge is 2.42. The highest BCUT2D eigenvalue weighted by molar-refractivity contribution is 7.86. The first-order valence-electron chi connectivity index (χ1n) is 5.47. The Labute approximate surface area is 118 Å². The number of anilines is 1. The first-order valence-corrected chi connectivity index (χ1v) is 6.88. The van der Waals surface area contributed by atoms with E-state index < -0.39 is 39.9 Å². The quantitative estimate of drug-likeness (QED) is 0.642. The first-order chi connectivity index (χ1) is 9.54. The number of alkyl halides is 4. The fraction of sp³-hybridized carbons (Fsp3) is 0.364. The van der Waals surface area contributed by atoms with Crippen LogP contribution in [0.15, 0.2) is 29.2 Å². The van der Waals surface area contributed by atoms with E-state index in [1.54, 1.807) is 0 Å². The Balaban J connectivity index is 2.81. The van der Waals surface area contributed by atoms with Crippen LogP contribution in [-0.2, 0) is 19.1 Å². The van der Waals surface area contributed by atoms with Gasteiger partial charge in [-0.05, 0) is 24.3 Å². The lowest BCUT2D eigenvalue weighted by molar-refractivity contribution is -0.147. The molecule has 1 aromatic rings. The predicted octanol–water partition coefficient (Wildman–Crippen LogP) is 2.25. The van der Waals surface area contributed by atoms with Crippen LogP contribution in [0.2, 0.25) is 0 Å². The Bertz CT molecular complexity index is 601. The van der Waals surface area contributed by atoms with Crippen molar-refractivity contribution in [3.05, 3.63) is 24.3 Å². The molecule has 1 aromatic carbocycles. The zero-order valence-corrected chi connectivity index (χ0v) is 11.5. The van der Waals surface area contributed by atoms with Crippen LogP contribution in [0.5, 0.6) is 0 Å². The summed E-state index contributed by atoms with van der Waals surface area (Å²) in [4.78, 5) is 10.3. The molecular weight excluding hydrogens is 318 g/mol. The van der Waals surface area contributed by atoms with Crippen molar-refractivity contribution in [1.82, 2.24) is 0 Å². The van der Waals surface area contributed by atoms with Gasteiger partial charge < -0.3 is 5.32 Å². The normalized spacial score (nSPS) is 12.5. The van der Waals surface area contributed by atoms with Crippen LogP contribution in [0.1, 0.15) is 6.92 Å². The van der Waals surface area contributed by atoms with Crippen LogP contribution in [-0.4, -0.2) is 33.3 Å². The zero-order valence-electron chi connectivity index (χ0n) is 10.6. The molecule has 1 rings (SSSR count). The number of halogens is 4. The molecule has 21 heavy (non-hydrogen) atoms. The molecule has 0 saturated carbocycles. The number of carbonyl (C=O) groups excluding carboxylic acids is 1. The first kappa shape index (κ1) is 17.4. The fourth-order valence-corrected chi connectivity index (χ4v) is 2.11. The fourth-order valence-electron chi connectivity index (χ4n) is 1.20. The summed E-state index contributed by atoms with van der Waals surface area (Å²) in [7, 11) is -4.60. The summed E-state index contributed by atoms with van der Waals surface area (Å²) >= 11 is 0. The minimum atomic E-state index is -4.60. The maximum absolute atomic E-state index is 12.6. The lowest BCUT2D eigenvalue weighted by atomic mass is 10.3. The predicted molar refractivity (Wildman–Crippen MR) is 64.8 cm³/mol. The summed E-state index contributed by atoms with van der Waals surface area (Å²) in [6.07, 6.45) is -4.03. The van der Waals surface area contributed by atoms with Crippen molar-refractivity contribution in [2.24, 2.45) is 0 Å². The topological polar surface area (TPSA) is 72.5 Å². The molecule has 0 fully saturated rings. The van der Waals surface area contributed by atoms with Crippen molar-refractivity contribution in [3.63, 3.8) is 0 Å². The van der Waals surface area contributed by atoms with Gasteiger partial charge in [-0.3, -0.25) is 8.98 Å². The number of rotatable bonds is 6. The number of hydrogen-bond donors (Lipinski definition) is 1. The highest BCUT2D eigenvalue weighted by atomic mass is 32.2. The molecule has 0 spiro atoms. The van der Waals surface area contributed by atoms with Gasteiger partial charge in [0.2, 0.25) is 5.91 Å². The van der Waals surface area contributed by atoms with Crippen molar-refractivity contribution in [2.45, 2.75) is 24.2 Å². The molecule has 0 unspecified atom stereocenters. The van der Waals surface area contributed by atoms with Gasteiger partial charge in [0, 0.05) is 12.6 Å². The van der Waals surface area contributed by atoms with Crippen LogP contribution in [0.4, 0.5) is 23.2 Å². The standard InChI is InChI=1S/C11H11F4NO4S/c1-7(17)16-8-2-4-9(5-3-8)21(18,19)20-6-11(14,15)10(12)13/h2-5,10H,6H2,1H3,(H,16,17). The van der Waals surface area contributed by atoms with Crippen LogP contribution < -0.4 is 5.32 Å². The van der Waals surface area contributed by atoms with Gasteiger partial charge in [-0.25, -0.2) is 8.78 Å². The molecule has 0 heterocycles. The third-order valence-electron chi connectivity index (χ3n) is 2.19. The van der Waals surface area contributed by atoms with Gasteiger partial charge in [0.1, 0.15) is 6.61 Å². The molecule has 0 bridgehead atoms. The summed E-state index contributed by atoms with van der Waals surface area (Å²) in [6.45, 7) is -0.722. The van der Waals surface area contributed by atoms with Crippen LogP contribution in [0, 0.1) is 0 Å². The van der Waals surface area contributed by atoms with Gasteiger partial charge in [-0.15, -0.1) is 0 Å². The Morgan fingerprint density at radius 1 is 1.29 bits per heavy atom. The van der Waals surface area contributed by atoms with Crippen molar-refractivity contribution in [1.29, 1.82) is 0 Å².